The Hall–Kier alpha value is -2.04. The van der Waals surface area contributed by atoms with Crippen molar-refractivity contribution in [3.05, 3.63) is 28.6 Å². The SMILES string of the molecule is CCOC(=O)c1[nH]c(C)c(C=CCC(=O)OC)c1C. The van der Waals surface area contributed by atoms with Crippen molar-refractivity contribution in [2.45, 2.75) is 27.2 Å². The lowest BCUT2D eigenvalue weighted by Crippen LogP contribution is -2.06. The van der Waals surface area contributed by atoms with Crippen molar-refractivity contribution in [2.75, 3.05) is 13.7 Å². The molecule has 0 unspecified atom stereocenters. The van der Waals surface area contributed by atoms with E-state index in [0.29, 0.717) is 12.3 Å². The number of rotatable bonds is 5. The van der Waals surface area contributed by atoms with Gasteiger partial charge in [0.1, 0.15) is 5.69 Å². The van der Waals surface area contributed by atoms with Gasteiger partial charge in [-0.05, 0) is 31.9 Å². The minimum absolute atomic E-state index is 0.204. The second kappa shape index (κ2) is 6.78. The third-order valence-electron chi connectivity index (χ3n) is 2.77. The normalized spacial score (nSPS) is 10.7. The maximum atomic E-state index is 11.7. The number of hydrogen-bond acceptors (Lipinski definition) is 4. The van der Waals surface area contributed by atoms with Gasteiger partial charge in [0.05, 0.1) is 20.1 Å². The van der Waals surface area contributed by atoms with Crippen LogP contribution in [0.3, 0.4) is 0 Å². The van der Waals surface area contributed by atoms with Gasteiger partial charge in [0.2, 0.25) is 0 Å². The molecule has 0 atom stereocenters. The number of hydrogen-bond donors (Lipinski definition) is 1. The van der Waals surface area contributed by atoms with Crippen LogP contribution in [0.5, 0.6) is 0 Å². The van der Waals surface area contributed by atoms with Gasteiger partial charge in [-0.3, -0.25) is 4.79 Å². The molecule has 0 radical (unpaired) electrons. The molecule has 104 valence electrons. The minimum atomic E-state index is -0.365. The molecule has 5 nitrogen and oxygen atoms in total. The number of carbonyl (C=O) groups is 2. The van der Waals surface area contributed by atoms with E-state index in [1.807, 2.05) is 13.8 Å². The van der Waals surface area contributed by atoms with Crippen LogP contribution in [-0.2, 0) is 14.3 Å². The summed E-state index contributed by atoms with van der Waals surface area (Å²) in [7, 11) is 1.35. The van der Waals surface area contributed by atoms with Crippen molar-refractivity contribution < 1.29 is 19.1 Å². The molecule has 1 heterocycles. The molecule has 5 heteroatoms. The summed E-state index contributed by atoms with van der Waals surface area (Å²) in [6.45, 7) is 5.81. The summed E-state index contributed by atoms with van der Waals surface area (Å²) in [6.07, 6.45) is 3.72. The summed E-state index contributed by atoms with van der Waals surface area (Å²) in [5.41, 5.74) is 3.03. The monoisotopic (exact) mass is 265 g/mol. The van der Waals surface area contributed by atoms with Crippen LogP contribution < -0.4 is 0 Å². The largest absolute Gasteiger partial charge is 0.469 e. The molecule has 0 amide bonds. The second-order valence-electron chi connectivity index (χ2n) is 4.07. The summed E-state index contributed by atoms with van der Waals surface area (Å²) in [4.78, 5) is 25.7. The molecule has 0 fully saturated rings. The van der Waals surface area contributed by atoms with E-state index in [0.717, 1.165) is 16.8 Å². The van der Waals surface area contributed by atoms with E-state index in [2.05, 4.69) is 9.72 Å². The predicted molar refractivity (Wildman–Crippen MR) is 71.9 cm³/mol. The number of esters is 2. The fraction of sp³-hybridized carbons (Fsp3) is 0.429. The molecule has 0 aliphatic carbocycles. The lowest BCUT2D eigenvalue weighted by molar-refractivity contribution is -0.139. The van der Waals surface area contributed by atoms with Gasteiger partial charge in [0.25, 0.3) is 0 Å². The Morgan fingerprint density at radius 2 is 2.00 bits per heavy atom. The van der Waals surface area contributed by atoms with Gasteiger partial charge in [0.15, 0.2) is 0 Å². The maximum absolute atomic E-state index is 11.7. The second-order valence-corrected chi connectivity index (χ2v) is 4.07. The van der Waals surface area contributed by atoms with Crippen molar-refractivity contribution in [3.8, 4) is 0 Å². The molecule has 1 N–H and O–H groups in total. The summed E-state index contributed by atoms with van der Waals surface area (Å²) in [5, 5.41) is 0. The predicted octanol–water partition coefficient (Wildman–Crippen LogP) is 2.38. The molecule has 19 heavy (non-hydrogen) atoms. The van der Waals surface area contributed by atoms with Gasteiger partial charge in [-0.1, -0.05) is 12.2 Å². The van der Waals surface area contributed by atoms with Crippen LogP contribution in [0, 0.1) is 13.8 Å². The van der Waals surface area contributed by atoms with Crippen LogP contribution in [0.1, 0.15) is 40.7 Å². The third-order valence-corrected chi connectivity index (χ3v) is 2.77. The number of aryl methyl sites for hydroxylation is 1. The summed E-state index contributed by atoms with van der Waals surface area (Å²) >= 11 is 0. The van der Waals surface area contributed by atoms with Crippen molar-refractivity contribution >= 4 is 18.0 Å². The zero-order valence-corrected chi connectivity index (χ0v) is 11.7. The van der Waals surface area contributed by atoms with Crippen LogP contribution >= 0.6 is 0 Å². The van der Waals surface area contributed by atoms with Crippen LogP contribution in [0.4, 0.5) is 0 Å². The number of ether oxygens (including phenoxy) is 2. The van der Waals surface area contributed by atoms with Crippen LogP contribution in [0.2, 0.25) is 0 Å². The van der Waals surface area contributed by atoms with E-state index in [4.69, 9.17) is 4.74 Å². The molecule has 0 aliphatic heterocycles. The average molecular weight is 265 g/mol. The van der Waals surface area contributed by atoms with Gasteiger partial charge in [-0.2, -0.15) is 0 Å². The van der Waals surface area contributed by atoms with E-state index in [1.54, 1.807) is 19.1 Å². The zero-order chi connectivity index (χ0) is 14.4. The van der Waals surface area contributed by atoms with Crippen LogP contribution in [0.25, 0.3) is 6.08 Å². The number of methoxy groups -OCH3 is 1. The average Bonchev–Trinajstić information content (AvgIpc) is 2.66. The quantitative estimate of drug-likeness (QED) is 0.830. The lowest BCUT2D eigenvalue weighted by atomic mass is 10.1. The fourth-order valence-electron chi connectivity index (χ4n) is 1.78. The number of aromatic amines is 1. The Balaban J connectivity index is 2.91. The fourth-order valence-corrected chi connectivity index (χ4v) is 1.78. The highest BCUT2D eigenvalue weighted by atomic mass is 16.5. The first kappa shape index (κ1) is 15.0. The Labute approximate surface area is 112 Å². The summed E-state index contributed by atoms with van der Waals surface area (Å²) < 4.78 is 9.52. The highest BCUT2D eigenvalue weighted by molar-refractivity contribution is 5.91. The van der Waals surface area contributed by atoms with Crippen molar-refractivity contribution in [1.29, 1.82) is 0 Å². The first-order chi connectivity index (χ1) is 9.01. The van der Waals surface area contributed by atoms with Gasteiger partial charge in [0, 0.05) is 5.69 Å². The molecule has 1 rings (SSSR count). The van der Waals surface area contributed by atoms with E-state index in [-0.39, 0.29) is 18.4 Å². The first-order valence-electron chi connectivity index (χ1n) is 6.10. The summed E-state index contributed by atoms with van der Waals surface area (Å²) in [6, 6.07) is 0. The number of nitrogens with one attached hydrogen (secondary N) is 1. The minimum Gasteiger partial charge on any atom is -0.469 e. The molecular formula is C14H19NO4. The van der Waals surface area contributed by atoms with Crippen molar-refractivity contribution in [1.82, 2.24) is 4.98 Å². The topological polar surface area (TPSA) is 68.4 Å². The first-order valence-corrected chi connectivity index (χ1v) is 6.10. The molecule has 1 aromatic heterocycles. The molecule has 0 saturated carbocycles. The Kier molecular flexibility index (Phi) is 5.36. The molecule has 1 aromatic rings. The van der Waals surface area contributed by atoms with E-state index < -0.39 is 0 Å². The van der Waals surface area contributed by atoms with Gasteiger partial charge >= 0.3 is 11.9 Å². The van der Waals surface area contributed by atoms with Gasteiger partial charge in [-0.15, -0.1) is 0 Å². The van der Waals surface area contributed by atoms with E-state index >= 15 is 0 Å². The molecule has 0 saturated heterocycles. The Bertz CT molecular complexity index is 500. The lowest BCUT2D eigenvalue weighted by Gasteiger charge is -2.00. The van der Waals surface area contributed by atoms with E-state index in [1.165, 1.54) is 7.11 Å². The summed E-state index contributed by atoms with van der Waals surface area (Å²) in [5.74, 6) is -0.663. The van der Waals surface area contributed by atoms with Crippen LogP contribution in [0.15, 0.2) is 6.08 Å². The third kappa shape index (κ3) is 3.71. The molecule has 0 spiro atoms. The van der Waals surface area contributed by atoms with Crippen molar-refractivity contribution in [2.24, 2.45) is 0 Å². The highest BCUT2D eigenvalue weighted by Crippen LogP contribution is 2.20. The van der Waals surface area contributed by atoms with Gasteiger partial charge in [-0.25, -0.2) is 4.79 Å². The highest BCUT2D eigenvalue weighted by Gasteiger charge is 2.16. The Morgan fingerprint density at radius 3 is 2.58 bits per heavy atom. The molecule has 0 aliphatic rings. The molecule has 0 bridgehead atoms. The number of carbonyl (C=O) groups excluding carboxylic acids is 2. The molecular weight excluding hydrogens is 246 g/mol. The number of aromatic nitrogens is 1. The maximum Gasteiger partial charge on any atom is 0.355 e. The standard InChI is InChI=1S/C14H19NO4/c1-5-19-14(17)13-9(2)11(10(3)15-13)7-6-8-12(16)18-4/h6-7,15H,5,8H2,1-4H3. The van der Waals surface area contributed by atoms with Crippen molar-refractivity contribution in [3.63, 3.8) is 0 Å². The van der Waals surface area contributed by atoms with Crippen LogP contribution in [-0.4, -0.2) is 30.6 Å². The van der Waals surface area contributed by atoms with E-state index in [9.17, 15) is 9.59 Å². The van der Waals surface area contributed by atoms with Gasteiger partial charge < -0.3 is 14.5 Å². The Morgan fingerprint density at radius 1 is 1.32 bits per heavy atom. The zero-order valence-electron chi connectivity index (χ0n) is 11.7. The number of H-pyrrole nitrogens is 1. The smallest absolute Gasteiger partial charge is 0.355 e. The molecule has 0 aromatic carbocycles.